The summed E-state index contributed by atoms with van der Waals surface area (Å²) < 4.78 is 0. The molecule has 0 atom stereocenters. The van der Waals surface area contributed by atoms with E-state index >= 15 is 0 Å². The summed E-state index contributed by atoms with van der Waals surface area (Å²) in [4.78, 5) is 30.5. The normalized spacial score (nSPS) is 16.5. The zero-order chi connectivity index (χ0) is 19.7. The standard InChI is InChI=1S/C24H24N2O2/c1-3-15-25-21(17-11-7-5-8-12-17)19-20(23(25)27)22(18-13-9-6-10-14-18)26(16-4-2)24(19)28/h5-14H,3-4,15-16H2,1-2H3. The van der Waals surface area contributed by atoms with E-state index in [-0.39, 0.29) is 11.8 Å². The molecule has 0 unspecified atom stereocenters. The minimum Gasteiger partial charge on any atom is -0.307 e. The molecule has 0 fully saturated rings. The lowest BCUT2D eigenvalue weighted by Crippen LogP contribution is -2.30. The van der Waals surface area contributed by atoms with E-state index < -0.39 is 0 Å². The van der Waals surface area contributed by atoms with E-state index in [2.05, 4.69) is 0 Å². The summed E-state index contributed by atoms with van der Waals surface area (Å²) >= 11 is 0. The Labute approximate surface area is 165 Å². The predicted octanol–water partition coefficient (Wildman–Crippen LogP) is 4.31. The second-order valence-corrected chi connectivity index (χ2v) is 7.09. The molecule has 4 heteroatoms. The zero-order valence-corrected chi connectivity index (χ0v) is 16.3. The van der Waals surface area contributed by atoms with Gasteiger partial charge in [0.15, 0.2) is 0 Å². The van der Waals surface area contributed by atoms with Gasteiger partial charge in [-0.15, -0.1) is 0 Å². The average molecular weight is 372 g/mol. The summed E-state index contributed by atoms with van der Waals surface area (Å²) in [6, 6.07) is 19.6. The fourth-order valence-electron chi connectivity index (χ4n) is 4.06. The summed E-state index contributed by atoms with van der Waals surface area (Å²) in [6.45, 7) is 5.29. The van der Waals surface area contributed by atoms with E-state index in [4.69, 9.17) is 0 Å². The van der Waals surface area contributed by atoms with E-state index in [0.717, 1.165) is 35.4 Å². The van der Waals surface area contributed by atoms with Crippen LogP contribution >= 0.6 is 0 Å². The van der Waals surface area contributed by atoms with E-state index in [1.807, 2.05) is 74.5 Å². The molecule has 0 aliphatic carbocycles. The molecular weight excluding hydrogens is 348 g/mol. The molecule has 0 aromatic heterocycles. The molecule has 2 amide bonds. The van der Waals surface area contributed by atoms with Crippen molar-refractivity contribution in [2.75, 3.05) is 13.1 Å². The highest BCUT2D eigenvalue weighted by Gasteiger charge is 2.48. The third-order valence-corrected chi connectivity index (χ3v) is 5.17. The molecule has 4 nitrogen and oxygen atoms in total. The minimum atomic E-state index is -0.0680. The van der Waals surface area contributed by atoms with Crippen molar-refractivity contribution in [3.05, 3.63) is 82.9 Å². The molecule has 0 radical (unpaired) electrons. The first-order chi connectivity index (χ1) is 13.7. The number of amides is 2. The highest BCUT2D eigenvalue weighted by molar-refractivity contribution is 6.30. The van der Waals surface area contributed by atoms with Gasteiger partial charge < -0.3 is 9.80 Å². The highest BCUT2D eigenvalue weighted by atomic mass is 16.2. The Morgan fingerprint density at radius 2 is 0.964 bits per heavy atom. The molecule has 0 saturated heterocycles. The van der Waals surface area contributed by atoms with Gasteiger partial charge >= 0.3 is 0 Å². The van der Waals surface area contributed by atoms with Gasteiger partial charge in [-0.25, -0.2) is 0 Å². The molecule has 0 saturated carbocycles. The van der Waals surface area contributed by atoms with Crippen molar-refractivity contribution in [2.24, 2.45) is 0 Å². The van der Waals surface area contributed by atoms with Gasteiger partial charge in [-0.2, -0.15) is 0 Å². The van der Waals surface area contributed by atoms with Crippen molar-refractivity contribution in [3.63, 3.8) is 0 Å². The van der Waals surface area contributed by atoms with E-state index in [9.17, 15) is 9.59 Å². The van der Waals surface area contributed by atoms with Gasteiger partial charge in [-0.3, -0.25) is 9.59 Å². The van der Waals surface area contributed by atoms with Crippen LogP contribution in [-0.4, -0.2) is 34.7 Å². The van der Waals surface area contributed by atoms with Crippen LogP contribution in [0.2, 0.25) is 0 Å². The maximum atomic E-state index is 13.5. The number of benzene rings is 2. The second-order valence-electron chi connectivity index (χ2n) is 7.09. The van der Waals surface area contributed by atoms with Crippen molar-refractivity contribution in [1.82, 2.24) is 9.80 Å². The topological polar surface area (TPSA) is 40.6 Å². The summed E-state index contributed by atoms with van der Waals surface area (Å²) in [5, 5.41) is 0. The molecule has 0 N–H and O–H groups in total. The van der Waals surface area contributed by atoms with Crippen LogP contribution in [0.25, 0.3) is 11.4 Å². The van der Waals surface area contributed by atoms with Crippen LogP contribution < -0.4 is 0 Å². The molecule has 142 valence electrons. The quantitative estimate of drug-likeness (QED) is 0.758. The first kappa shape index (κ1) is 18.2. The van der Waals surface area contributed by atoms with Crippen LogP contribution in [0.15, 0.2) is 71.8 Å². The van der Waals surface area contributed by atoms with Crippen LogP contribution in [0.1, 0.15) is 37.8 Å². The number of rotatable bonds is 6. The van der Waals surface area contributed by atoms with Crippen LogP contribution in [0.5, 0.6) is 0 Å². The van der Waals surface area contributed by atoms with Gasteiger partial charge in [0.2, 0.25) is 0 Å². The number of hydrogen-bond donors (Lipinski definition) is 0. The van der Waals surface area contributed by atoms with Crippen molar-refractivity contribution in [2.45, 2.75) is 26.7 Å². The maximum Gasteiger partial charge on any atom is 0.261 e. The predicted molar refractivity (Wildman–Crippen MR) is 111 cm³/mol. The Hall–Kier alpha value is -3.14. The maximum absolute atomic E-state index is 13.5. The summed E-state index contributed by atoms with van der Waals surface area (Å²) in [6.07, 6.45) is 1.66. The third-order valence-electron chi connectivity index (χ3n) is 5.17. The van der Waals surface area contributed by atoms with Gasteiger partial charge in [-0.05, 0) is 24.0 Å². The van der Waals surface area contributed by atoms with Crippen LogP contribution in [0, 0.1) is 0 Å². The van der Waals surface area contributed by atoms with Gasteiger partial charge in [0.25, 0.3) is 11.8 Å². The molecule has 2 aromatic carbocycles. The van der Waals surface area contributed by atoms with Crippen molar-refractivity contribution in [3.8, 4) is 0 Å². The Balaban J connectivity index is 2.00. The van der Waals surface area contributed by atoms with Crippen LogP contribution in [0.4, 0.5) is 0 Å². The Morgan fingerprint density at radius 3 is 1.29 bits per heavy atom. The van der Waals surface area contributed by atoms with Gasteiger partial charge in [0, 0.05) is 13.1 Å². The molecule has 2 aromatic rings. The van der Waals surface area contributed by atoms with Gasteiger partial charge in [0.05, 0.1) is 22.5 Å². The van der Waals surface area contributed by atoms with Crippen molar-refractivity contribution < 1.29 is 9.59 Å². The number of carbonyl (C=O) groups excluding carboxylic acids is 2. The van der Waals surface area contributed by atoms with E-state index in [1.165, 1.54) is 0 Å². The summed E-state index contributed by atoms with van der Waals surface area (Å²) in [7, 11) is 0. The SMILES string of the molecule is CCCN1C(=O)C2=C(c3ccccc3)N(CCC)C(=O)C2=C1c1ccccc1. The summed E-state index contributed by atoms with van der Waals surface area (Å²) in [5.41, 5.74) is 4.43. The molecular formula is C24H24N2O2. The largest absolute Gasteiger partial charge is 0.307 e. The lowest BCUT2D eigenvalue weighted by molar-refractivity contribution is -0.124. The zero-order valence-electron chi connectivity index (χ0n) is 16.3. The fourth-order valence-corrected chi connectivity index (χ4v) is 4.06. The van der Waals surface area contributed by atoms with Crippen LogP contribution in [0.3, 0.4) is 0 Å². The minimum absolute atomic E-state index is 0.0680. The molecule has 4 rings (SSSR count). The molecule has 2 aliphatic rings. The molecule has 28 heavy (non-hydrogen) atoms. The number of carbonyl (C=O) groups is 2. The molecule has 0 spiro atoms. The van der Waals surface area contributed by atoms with E-state index in [0.29, 0.717) is 24.2 Å². The monoisotopic (exact) mass is 372 g/mol. The smallest absolute Gasteiger partial charge is 0.261 e. The fraction of sp³-hybridized carbons (Fsp3) is 0.250. The second kappa shape index (κ2) is 7.47. The van der Waals surface area contributed by atoms with E-state index in [1.54, 1.807) is 9.80 Å². The lowest BCUT2D eigenvalue weighted by atomic mass is 10.0. The summed E-state index contributed by atoms with van der Waals surface area (Å²) in [5.74, 6) is -0.136. The first-order valence-electron chi connectivity index (χ1n) is 9.92. The highest BCUT2D eigenvalue weighted by Crippen LogP contribution is 2.46. The van der Waals surface area contributed by atoms with Gasteiger partial charge in [-0.1, -0.05) is 74.5 Å². The van der Waals surface area contributed by atoms with Crippen LogP contribution in [-0.2, 0) is 9.59 Å². The van der Waals surface area contributed by atoms with Crippen molar-refractivity contribution >= 4 is 23.2 Å². The molecule has 0 bridgehead atoms. The lowest BCUT2D eigenvalue weighted by Gasteiger charge is -2.24. The van der Waals surface area contributed by atoms with Gasteiger partial charge in [0.1, 0.15) is 0 Å². The first-order valence-corrected chi connectivity index (χ1v) is 9.92. The Kier molecular flexibility index (Phi) is 4.86. The number of nitrogens with zero attached hydrogens (tertiary/aromatic N) is 2. The van der Waals surface area contributed by atoms with Crippen molar-refractivity contribution in [1.29, 1.82) is 0 Å². The number of hydrogen-bond acceptors (Lipinski definition) is 2. The number of fused-ring (bicyclic) bond motifs is 1. The Morgan fingerprint density at radius 1 is 0.607 bits per heavy atom. The average Bonchev–Trinajstić information content (AvgIpc) is 3.17. The molecule has 2 aliphatic heterocycles. The third kappa shape index (κ3) is 2.76. The molecule has 2 heterocycles. The Bertz CT molecular complexity index is 893.